The van der Waals surface area contributed by atoms with E-state index < -0.39 is 5.82 Å². The Labute approximate surface area is 111 Å². The molecule has 2 nitrogen and oxygen atoms in total. The lowest BCUT2D eigenvalue weighted by atomic mass is 10.2. The lowest BCUT2D eigenvalue weighted by Crippen LogP contribution is -2.08. The Balaban J connectivity index is 2.37. The highest BCUT2D eigenvalue weighted by atomic mass is 19.1. The minimum Gasteiger partial charge on any atom is -0.454 e. The van der Waals surface area contributed by atoms with Crippen LogP contribution in [0.1, 0.15) is 11.1 Å². The van der Waals surface area contributed by atoms with E-state index in [1.807, 2.05) is 6.92 Å². The molecule has 1 N–H and O–H groups in total. The molecule has 2 rings (SSSR count). The summed E-state index contributed by atoms with van der Waals surface area (Å²) in [4.78, 5) is 0. The second-order valence-corrected chi connectivity index (χ2v) is 4.28. The molecule has 100 valence electrons. The van der Waals surface area contributed by atoms with Gasteiger partial charge in [0.1, 0.15) is 11.6 Å². The fourth-order valence-corrected chi connectivity index (χ4v) is 1.79. The van der Waals surface area contributed by atoms with Gasteiger partial charge in [-0.2, -0.15) is 0 Å². The van der Waals surface area contributed by atoms with Crippen LogP contribution in [0.15, 0.2) is 36.4 Å². The van der Waals surface area contributed by atoms with Gasteiger partial charge in [-0.05, 0) is 43.8 Å². The molecule has 0 saturated carbocycles. The SMILES string of the molecule is CNCc1c(F)cccc1Oc1cc(C)ccc1F. The molecule has 0 aliphatic rings. The first-order valence-corrected chi connectivity index (χ1v) is 5.98. The topological polar surface area (TPSA) is 21.3 Å². The summed E-state index contributed by atoms with van der Waals surface area (Å²) in [5, 5.41) is 2.86. The first-order chi connectivity index (χ1) is 9.11. The Bertz CT molecular complexity index is 584. The van der Waals surface area contributed by atoms with Crippen LogP contribution in [0.2, 0.25) is 0 Å². The third-order valence-corrected chi connectivity index (χ3v) is 2.74. The standard InChI is InChI=1S/C15H15F2NO/c1-10-6-7-13(17)15(8-10)19-14-5-3-4-12(16)11(14)9-18-2/h3-8,18H,9H2,1-2H3. The average Bonchev–Trinajstić information content (AvgIpc) is 2.38. The van der Waals surface area contributed by atoms with Crippen LogP contribution < -0.4 is 10.1 Å². The van der Waals surface area contributed by atoms with Crippen molar-refractivity contribution >= 4 is 0 Å². The third kappa shape index (κ3) is 3.09. The fraction of sp³-hybridized carbons (Fsp3) is 0.200. The highest BCUT2D eigenvalue weighted by Crippen LogP contribution is 2.29. The van der Waals surface area contributed by atoms with Crippen LogP contribution in [-0.2, 0) is 6.54 Å². The van der Waals surface area contributed by atoms with Gasteiger partial charge in [-0.25, -0.2) is 8.78 Å². The number of hydrogen-bond acceptors (Lipinski definition) is 2. The Morgan fingerprint density at radius 2 is 1.84 bits per heavy atom. The number of hydrogen-bond donors (Lipinski definition) is 1. The van der Waals surface area contributed by atoms with Gasteiger partial charge in [-0.15, -0.1) is 0 Å². The van der Waals surface area contributed by atoms with Crippen LogP contribution in [0.5, 0.6) is 11.5 Å². The summed E-state index contributed by atoms with van der Waals surface area (Å²) >= 11 is 0. The van der Waals surface area contributed by atoms with E-state index in [-0.39, 0.29) is 11.6 Å². The number of rotatable bonds is 4. The lowest BCUT2D eigenvalue weighted by Gasteiger charge is -2.12. The molecule has 0 radical (unpaired) electrons. The molecular formula is C15H15F2NO. The van der Waals surface area contributed by atoms with Crippen molar-refractivity contribution in [3.8, 4) is 11.5 Å². The molecule has 2 aromatic rings. The predicted octanol–water partition coefficient (Wildman–Crippen LogP) is 3.78. The van der Waals surface area contributed by atoms with Crippen molar-refractivity contribution in [3.63, 3.8) is 0 Å². The third-order valence-electron chi connectivity index (χ3n) is 2.74. The number of aryl methyl sites for hydroxylation is 1. The molecule has 0 aliphatic carbocycles. The second kappa shape index (κ2) is 5.80. The molecule has 0 atom stereocenters. The molecule has 0 aromatic heterocycles. The summed E-state index contributed by atoms with van der Waals surface area (Å²) < 4.78 is 32.8. The number of ether oxygens (including phenoxy) is 1. The van der Waals surface area contributed by atoms with Crippen LogP contribution in [0.4, 0.5) is 8.78 Å². The van der Waals surface area contributed by atoms with E-state index in [0.717, 1.165) is 5.56 Å². The summed E-state index contributed by atoms with van der Waals surface area (Å²) in [5.41, 5.74) is 1.26. The highest BCUT2D eigenvalue weighted by molar-refractivity contribution is 5.40. The zero-order valence-electron chi connectivity index (χ0n) is 10.8. The number of nitrogens with one attached hydrogen (secondary N) is 1. The van der Waals surface area contributed by atoms with Crippen molar-refractivity contribution in [2.75, 3.05) is 7.05 Å². The maximum atomic E-state index is 13.7. The van der Waals surface area contributed by atoms with Crippen LogP contribution in [0.3, 0.4) is 0 Å². The molecule has 0 bridgehead atoms. The Hall–Kier alpha value is -1.94. The first-order valence-electron chi connectivity index (χ1n) is 5.98. The molecule has 19 heavy (non-hydrogen) atoms. The van der Waals surface area contributed by atoms with Crippen molar-refractivity contribution in [3.05, 3.63) is 59.2 Å². The lowest BCUT2D eigenvalue weighted by molar-refractivity contribution is 0.430. The van der Waals surface area contributed by atoms with E-state index in [1.54, 1.807) is 25.2 Å². The first kappa shape index (κ1) is 13.5. The van der Waals surface area contributed by atoms with E-state index in [2.05, 4.69) is 5.32 Å². The molecule has 0 fully saturated rings. The molecule has 0 unspecified atom stereocenters. The quantitative estimate of drug-likeness (QED) is 0.906. The van der Waals surface area contributed by atoms with Gasteiger partial charge in [0.25, 0.3) is 0 Å². The van der Waals surface area contributed by atoms with Crippen molar-refractivity contribution in [1.82, 2.24) is 5.32 Å². The molecule has 2 aromatic carbocycles. The van der Waals surface area contributed by atoms with Crippen LogP contribution in [0, 0.1) is 18.6 Å². The van der Waals surface area contributed by atoms with Gasteiger partial charge in [0.2, 0.25) is 0 Å². The normalized spacial score (nSPS) is 10.5. The maximum absolute atomic E-state index is 13.7. The summed E-state index contributed by atoms with van der Waals surface area (Å²) in [6.45, 7) is 2.15. The van der Waals surface area contributed by atoms with Crippen molar-refractivity contribution in [2.45, 2.75) is 13.5 Å². The predicted molar refractivity (Wildman–Crippen MR) is 70.4 cm³/mol. The summed E-state index contributed by atoms with van der Waals surface area (Å²) in [6, 6.07) is 9.09. The van der Waals surface area contributed by atoms with E-state index in [9.17, 15) is 8.78 Å². The second-order valence-electron chi connectivity index (χ2n) is 4.28. The Kier molecular flexibility index (Phi) is 4.12. The van der Waals surface area contributed by atoms with Crippen LogP contribution >= 0.6 is 0 Å². The van der Waals surface area contributed by atoms with Crippen molar-refractivity contribution < 1.29 is 13.5 Å². The molecule has 0 amide bonds. The van der Waals surface area contributed by atoms with Gasteiger partial charge in [0.05, 0.1) is 0 Å². The van der Waals surface area contributed by atoms with Crippen LogP contribution in [0.25, 0.3) is 0 Å². The molecule has 0 aliphatic heterocycles. The zero-order valence-corrected chi connectivity index (χ0v) is 10.8. The monoisotopic (exact) mass is 263 g/mol. The summed E-state index contributed by atoms with van der Waals surface area (Å²) in [6.07, 6.45) is 0. The van der Waals surface area contributed by atoms with Crippen LogP contribution in [-0.4, -0.2) is 7.05 Å². The van der Waals surface area contributed by atoms with Gasteiger partial charge in [0, 0.05) is 12.1 Å². The minimum atomic E-state index is -0.467. The highest BCUT2D eigenvalue weighted by Gasteiger charge is 2.12. The molecule has 0 spiro atoms. The van der Waals surface area contributed by atoms with Gasteiger partial charge >= 0.3 is 0 Å². The summed E-state index contributed by atoms with van der Waals surface area (Å²) in [7, 11) is 1.71. The van der Waals surface area contributed by atoms with Gasteiger partial charge in [-0.3, -0.25) is 0 Å². The van der Waals surface area contributed by atoms with E-state index in [4.69, 9.17) is 4.74 Å². The molecule has 0 saturated heterocycles. The molecule has 4 heteroatoms. The fourth-order valence-electron chi connectivity index (χ4n) is 1.79. The van der Waals surface area contributed by atoms with Gasteiger partial charge < -0.3 is 10.1 Å². The van der Waals surface area contributed by atoms with Gasteiger partial charge in [-0.1, -0.05) is 12.1 Å². The van der Waals surface area contributed by atoms with Gasteiger partial charge in [0.15, 0.2) is 11.6 Å². The number of halogens is 2. The minimum absolute atomic E-state index is 0.1000. The zero-order chi connectivity index (χ0) is 13.8. The van der Waals surface area contributed by atoms with E-state index in [1.165, 1.54) is 18.2 Å². The average molecular weight is 263 g/mol. The molecule has 0 heterocycles. The van der Waals surface area contributed by atoms with E-state index >= 15 is 0 Å². The Morgan fingerprint density at radius 1 is 1.05 bits per heavy atom. The smallest absolute Gasteiger partial charge is 0.165 e. The maximum Gasteiger partial charge on any atom is 0.165 e. The van der Waals surface area contributed by atoms with E-state index in [0.29, 0.717) is 17.9 Å². The summed E-state index contributed by atoms with van der Waals surface area (Å²) in [5.74, 6) is -0.424. The van der Waals surface area contributed by atoms with Crippen molar-refractivity contribution in [2.24, 2.45) is 0 Å². The largest absolute Gasteiger partial charge is 0.454 e. The van der Waals surface area contributed by atoms with Crippen molar-refractivity contribution in [1.29, 1.82) is 0 Å². The Morgan fingerprint density at radius 3 is 2.58 bits per heavy atom. The number of benzene rings is 2. The molecular weight excluding hydrogens is 248 g/mol.